The van der Waals surface area contributed by atoms with Crippen LogP contribution in [0.4, 0.5) is 5.69 Å². The maximum absolute atomic E-state index is 13.0. The number of esters is 2. The minimum absolute atomic E-state index is 0.000761. The molecule has 0 atom stereocenters. The molecule has 1 N–H and O–H groups in total. The van der Waals surface area contributed by atoms with Crippen LogP contribution in [-0.4, -0.2) is 45.2 Å². The van der Waals surface area contributed by atoms with E-state index in [4.69, 9.17) is 14.2 Å². The smallest absolute Gasteiger partial charge is 0.355 e. The van der Waals surface area contributed by atoms with Gasteiger partial charge in [-0.15, -0.1) is 0 Å². The molecule has 8 heteroatoms. The van der Waals surface area contributed by atoms with Gasteiger partial charge in [-0.1, -0.05) is 36.4 Å². The monoisotopic (exact) mass is 448 g/mol. The van der Waals surface area contributed by atoms with E-state index in [9.17, 15) is 14.4 Å². The van der Waals surface area contributed by atoms with E-state index in [1.54, 1.807) is 42.6 Å². The van der Waals surface area contributed by atoms with E-state index >= 15 is 0 Å². The third-order valence-electron chi connectivity index (χ3n) is 4.70. The summed E-state index contributed by atoms with van der Waals surface area (Å²) in [5.74, 6) is -1.12. The van der Waals surface area contributed by atoms with Gasteiger partial charge in [-0.25, -0.2) is 9.59 Å². The van der Waals surface area contributed by atoms with Crippen molar-refractivity contribution >= 4 is 23.5 Å². The van der Waals surface area contributed by atoms with Crippen molar-refractivity contribution in [2.75, 3.05) is 32.3 Å². The van der Waals surface area contributed by atoms with Crippen molar-refractivity contribution in [3.63, 3.8) is 0 Å². The van der Waals surface area contributed by atoms with Gasteiger partial charge < -0.3 is 24.4 Å². The highest BCUT2D eigenvalue weighted by Gasteiger charge is 2.29. The Labute approximate surface area is 191 Å². The molecule has 0 unspecified atom stereocenters. The fourth-order valence-electron chi connectivity index (χ4n) is 3.17. The molecule has 0 fully saturated rings. The summed E-state index contributed by atoms with van der Waals surface area (Å²) < 4.78 is 15.3. The Bertz CT molecular complexity index is 1100. The van der Waals surface area contributed by atoms with Crippen LogP contribution in [0, 0.1) is 0 Å². The number of carbonyl (C=O) groups is 3. The number of benzene rings is 2. The highest BCUT2D eigenvalue weighted by Crippen LogP contribution is 2.29. The van der Waals surface area contributed by atoms with E-state index in [2.05, 4.69) is 5.32 Å². The Morgan fingerprint density at radius 1 is 0.879 bits per heavy atom. The highest BCUT2D eigenvalue weighted by molar-refractivity contribution is 6.07. The number of methoxy groups -OCH3 is 2. The largest absolute Gasteiger partial charge is 0.492 e. The van der Waals surface area contributed by atoms with Crippen molar-refractivity contribution in [3.8, 4) is 5.75 Å². The zero-order chi connectivity index (χ0) is 23.6. The first-order valence-corrected chi connectivity index (χ1v) is 10.2. The Morgan fingerprint density at radius 3 is 2.30 bits per heavy atom. The molecular weight excluding hydrogens is 424 g/mol. The van der Waals surface area contributed by atoms with E-state index in [0.717, 1.165) is 0 Å². The van der Waals surface area contributed by atoms with Gasteiger partial charge in [0.25, 0.3) is 5.91 Å². The first-order chi connectivity index (χ1) is 16.1. The van der Waals surface area contributed by atoms with Gasteiger partial charge in [-0.05, 0) is 36.4 Å². The fourth-order valence-corrected chi connectivity index (χ4v) is 3.17. The minimum atomic E-state index is -0.752. The lowest BCUT2D eigenvalue weighted by Crippen LogP contribution is -2.32. The number of rotatable bonds is 8. The number of anilines is 1. The Balaban J connectivity index is 1.86. The molecule has 33 heavy (non-hydrogen) atoms. The summed E-state index contributed by atoms with van der Waals surface area (Å²) in [5.41, 5.74) is 0.623. The average Bonchev–Trinajstić information content (AvgIpc) is 3.09. The van der Waals surface area contributed by atoms with E-state index in [1.165, 1.54) is 25.2 Å². The van der Waals surface area contributed by atoms with Crippen LogP contribution in [0.2, 0.25) is 0 Å². The number of nitrogens with one attached hydrogen (secondary N) is 1. The van der Waals surface area contributed by atoms with Gasteiger partial charge in [-0.2, -0.15) is 0 Å². The van der Waals surface area contributed by atoms with E-state index in [1.807, 2.05) is 30.3 Å². The van der Waals surface area contributed by atoms with Crippen molar-refractivity contribution in [3.05, 3.63) is 95.9 Å². The van der Waals surface area contributed by atoms with Crippen molar-refractivity contribution < 1.29 is 28.6 Å². The molecular formula is C25H24N2O6. The maximum Gasteiger partial charge on any atom is 0.355 e. The predicted octanol–water partition coefficient (Wildman–Crippen LogP) is 2.99. The summed E-state index contributed by atoms with van der Waals surface area (Å²) in [7, 11) is 2.44. The summed E-state index contributed by atoms with van der Waals surface area (Å²) in [4.78, 5) is 39.4. The van der Waals surface area contributed by atoms with Crippen LogP contribution in [0.5, 0.6) is 5.75 Å². The third-order valence-corrected chi connectivity index (χ3v) is 4.70. The summed E-state index contributed by atoms with van der Waals surface area (Å²) in [5, 5.41) is 2.81. The lowest BCUT2D eigenvalue weighted by Gasteiger charge is -2.25. The van der Waals surface area contributed by atoms with Crippen LogP contribution in [0.15, 0.2) is 90.3 Å². The molecule has 1 heterocycles. The third kappa shape index (κ3) is 5.68. The molecule has 0 bridgehead atoms. The summed E-state index contributed by atoms with van der Waals surface area (Å²) in [6.45, 7) is 0.553. The summed E-state index contributed by atoms with van der Waals surface area (Å²) in [6.07, 6.45) is 6.27. The molecule has 3 rings (SSSR count). The molecule has 1 aliphatic heterocycles. The second-order valence-electron chi connectivity index (χ2n) is 6.75. The van der Waals surface area contributed by atoms with E-state index in [0.29, 0.717) is 17.0 Å². The van der Waals surface area contributed by atoms with Crippen molar-refractivity contribution in [1.29, 1.82) is 0 Å². The van der Waals surface area contributed by atoms with Crippen LogP contribution in [0.3, 0.4) is 0 Å². The molecule has 0 saturated heterocycles. The average molecular weight is 448 g/mol. The molecule has 1 amide bonds. The number of hydrogen-bond acceptors (Lipinski definition) is 7. The zero-order valence-electron chi connectivity index (χ0n) is 18.3. The lowest BCUT2D eigenvalue weighted by atomic mass is 10.1. The van der Waals surface area contributed by atoms with Crippen LogP contribution < -0.4 is 15.0 Å². The van der Waals surface area contributed by atoms with Gasteiger partial charge in [0.2, 0.25) is 0 Å². The Kier molecular flexibility index (Phi) is 8.02. The molecule has 0 saturated carbocycles. The molecule has 1 aliphatic rings. The molecule has 0 radical (unpaired) electrons. The maximum atomic E-state index is 13.0. The van der Waals surface area contributed by atoms with Gasteiger partial charge in [0.15, 0.2) is 0 Å². The molecule has 2 aromatic carbocycles. The van der Waals surface area contributed by atoms with Crippen LogP contribution in [0.25, 0.3) is 0 Å². The van der Waals surface area contributed by atoms with Crippen LogP contribution in [0.1, 0.15) is 10.4 Å². The first kappa shape index (κ1) is 23.3. The first-order valence-electron chi connectivity index (χ1n) is 10.2. The van der Waals surface area contributed by atoms with Gasteiger partial charge in [0, 0.05) is 6.20 Å². The van der Waals surface area contributed by atoms with Gasteiger partial charge >= 0.3 is 11.9 Å². The number of hydrogen-bond donors (Lipinski definition) is 1. The molecule has 2 aromatic rings. The van der Waals surface area contributed by atoms with Gasteiger partial charge in [0.05, 0.1) is 37.6 Å². The standard InChI is InChI=1S/C25H24N2O6/c1-31-24(29)20-13-8-9-16-27(22(20)25(30)32-2)21-14-7-6-12-19(21)23(28)26-15-17-33-18-10-4-3-5-11-18/h3-14,16H,15,17H2,1-2H3,(H,26,28). The van der Waals surface area contributed by atoms with E-state index in [-0.39, 0.29) is 30.3 Å². The quantitative estimate of drug-likeness (QED) is 0.490. The number of nitrogens with zero attached hydrogens (tertiary/aromatic N) is 1. The molecule has 170 valence electrons. The van der Waals surface area contributed by atoms with Gasteiger partial charge in [-0.3, -0.25) is 4.79 Å². The minimum Gasteiger partial charge on any atom is -0.492 e. The number of allylic oxidation sites excluding steroid dienone is 2. The SMILES string of the molecule is COC(=O)C1=C(C(=O)OC)N(c2ccccc2C(=O)NCCOc2ccccc2)C=CC=C1. The number of amides is 1. The lowest BCUT2D eigenvalue weighted by molar-refractivity contribution is -0.139. The molecule has 0 aromatic heterocycles. The van der Waals surface area contributed by atoms with Gasteiger partial charge in [0.1, 0.15) is 18.1 Å². The van der Waals surface area contributed by atoms with Crippen LogP contribution >= 0.6 is 0 Å². The predicted molar refractivity (Wildman–Crippen MR) is 123 cm³/mol. The normalized spacial score (nSPS) is 12.7. The number of carbonyl (C=O) groups excluding carboxylic acids is 3. The molecule has 0 spiro atoms. The van der Waals surface area contributed by atoms with Crippen molar-refractivity contribution in [2.24, 2.45) is 0 Å². The second kappa shape index (κ2) is 11.3. The van der Waals surface area contributed by atoms with E-state index < -0.39 is 11.9 Å². The second-order valence-corrected chi connectivity index (χ2v) is 6.75. The Morgan fingerprint density at radius 2 is 1.58 bits per heavy atom. The Hall–Kier alpha value is -4.33. The summed E-state index contributed by atoms with van der Waals surface area (Å²) in [6, 6.07) is 16.0. The molecule has 0 aliphatic carbocycles. The fraction of sp³-hybridized carbons (Fsp3) is 0.160. The number of ether oxygens (including phenoxy) is 3. The number of para-hydroxylation sites is 2. The highest BCUT2D eigenvalue weighted by atomic mass is 16.5. The molecule has 8 nitrogen and oxygen atoms in total. The summed E-state index contributed by atoms with van der Waals surface area (Å²) >= 11 is 0. The van der Waals surface area contributed by atoms with Crippen molar-refractivity contribution in [1.82, 2.24) is 5.32 Å². The topological polar surface area (TPSA) is 94.2 Å². The zero-order valence-corrected chi connectivity index (χ0v) is 18.3. The van der Waals surface area contributed by atoms with Crippen molar-refractivity contribution in [2.45, 2.75) is 0 Å². The van der Waals surface area contributed by atoms with Crippen LogP contribution in [-0.2, 0) is 19.1 Å².